The van der Waals surface area contributed by atoms with E-state index in [2.05, 4.69) is 24.2 Å². The van der Waals surface area contributed by atoms with Crippen LogP contribution in [0.2, 0.25) is 0 Å². The monoisotopic (exact) mass is 291 g/mol. The van der Waals surface area contributed by atoms with Gasteiger partial charge in [-0.3, -0.25) is 0 Å². The highest BCUT2D eigenvalue weighted by Crippen LogP contribution is 2.45. The largest absolute Gasteiger partial charge is 0.348 e. The summed E-state index contributed by atoms with van der Waals surface area (Å²) in [4.78, 5) is 8.94. The Morgan fingerprint density at radius 2 is 2.00 bits per heavy atom. The maximum Gasteiger partial charge on any atom is 0.185 e. The molecule has 0 aliphatic heterocycles. The van der Waals surface area contributed by atoms with Crippen molar-refractivity contribution < 1.29 is 0 Å². The molecule has 1 unspecified atom stereocenters. The zero-order valence-corrected chi connectivity index (χ0v) is 13.4. The van der Waals surface area contributed by atoms with Crippen molar-refractivity contribution in [1.29, 1.82) is 0 Å². The highest BCUT2D eigenvalue weighted by molar-refractivity contribution is 7.15. The summed E-state index contributed by atoms with van der Waals surface area (Å²) in [6.45, 7) is 3.40. The van der Waals surface area contributed by atoms with Gasteiger partial charge in [0.25, 0.3) is 0 Å². The van der Waals surface area contributed by atoms with E-state index < -0.39 is 0 Å². The molecule has 0 saturated heterocycles. The lowest BCUT2D eigenvalue weighted by atomic mass is 10.2. The van der Waals surface area contributed by atoms with Crippen LogP contribution >= 0.6 is 11.3 Å². The van der Waals surface area contributed by atoms with Gasteiger partial charge in [0.15, 0.2) is 5.13 Å². The second-order valence-electron chi connectivity index (χ2n) is 6.92. The number of rotatable bonds is 7. The zero-order valence-electron chi connectivity index (χ0n) is 12.6. The molecule has 110 valence electrons. The Kier molecular flexibility index (Phi) is 3.26. The quantitative estimate of drug-likeness (QED) is 0.833. The van der Waals surface area contributed by atoms with Crippen molar-refractivity contribution in [2.45, 2.75) is 70.0 Å². The van der Waals surface area contributed by atoms with E-state index >= 15 is 0 Å². The van der Waals surface area contributed by atoms with Gasteiger partial charge in [0.2, 0.25) is 0 Å². The SMILES string of the molecule is CC(C1CC1)N(C)c1nc(C2CC2)c(CNC2CC2)s1. The lowest BCUT2D eigenvalue weighted by Crippen LogP contribution is -2.30. The molecule has 3 nitrogen and oxygen atoms in total. The van der Waals surface area contributed by atoms with Crippen LogP contribution < -0.4 is 10.2 Å². The summed E-state index contributed by atoms with van der Waals surface area (Å²) in [6.07, 6.45) is 8.24. The van der Waals surface area contributed by atoms with Crippen molar-refractivity contribution >= 4 is 16.5 Å². The Morgan fingerprint density at radius 3 is 2.60 bits per heavy atom. The van der Waals surface area contributed by atoms with E-state index in [-0.39, 0.29) is 0 Å². The highest BCUT2D eigenvalue weighted by atomic mass is 32.1. The second-order valence-corrected chi connectivity index (χ2v) is 7.99. The topological polar surface area (TPSA) is 28.2 Å². The van der Waals surface area contributed by atoms with Crippen molar-refractivity contribution in [2.75, 3.05) is 11.9 Å². The van der Waals surface area contributed by atoms with Crippen LogP contribution in [0.25, 0.3) is 0 Å². The Hall–Kier alpha value is -0.610. The van der Waals surface area contributed by atoms with Crippen molar-refractivity contribution in [2.24, 2.45) is 5.92 Å². The van der Waals surface area contributed by atoms with E-state index in [1.54, 1.807) is 0 Å². The van der Waals surface area contributed by atoms with Gasteiger partial charge >= 0.3 is 0 Å². The third-order valence-corrected chi connectivity index (χ3v) is 6.19. The Bertz CT molecular complexity index is 486. The molecule has 1 heterocycles. The van der Waals surface area contributed by atoms with Crippen molar-refractivity contribution in [3.63, 3.8) is 0 Å². The Labute approximate surface area is 125 Å². The molecule has 0 amide bonds. The van der Waals surface area contributed by atoms with Crippen LogP contribution in [0.5, 0.6) is 0 Å². The first-order valence-corrected chi connectivity index (χ1v) is 9.00. The molecule has 0 radical (unpaired) electrons. The number of nitrogens with zero attached hydrogens (tertiary/aromatic N) is 2. The van der Waals surface area contributed by atoms with Crippen molar-refractivity contribution in [3.05, 3.63) is 10.6 Å². The fourth-order valence-electron chi connectivity index (χ4n) is 2.90. The Morgan fingerprint density at radius 1 is 1.25 bits per heavy atom. The van der Waals surface area contributed by atoms with E-state index in [9.17, 15) is 0 Å². The van der Waals surface area contributed by atoms with E-state index in [4.69, 9.17) is 4.98 Å². The van der Waals surface area contributed by atoms with Gasteiger partial charge in [0, 0.05) is 36.5 Å². The number of hydrogen-bond acceptors (Lipinski definition) is 4. The average Bonchev–Trinajstić information content (AvgIpc) is 3.31. The first-order chi connectivity index (χ1) is 9.72. The molecule has 1 aromatic heterocycles. The normalized spacial score (nSPS) is 23.9. The van der Waals surface area contributed by atoms with Crippen molar-refractivity contribution in [1.82, 2.24) is 10.3 Å². The van der Waals surface area contributed by atoms with Gasteiger partial charge in [0.1, 0.15) is 0 Å². The van der Waals surface area contributed by atoms with Gasteiger partial charge < -0.3 is 10.2 Å². The van der Waals surface area contributed by atoms with Gasteiger partial charge in [-0.25, -0.2) is 4.98 Å². The minimum atomic E-state index is 0.650. The molecule has 0 bridgehead atoms. The lowest BCUT2D eigenvalue weighted by molar-refractivity contribution is 0.607. The Balaban J connectivity index is 1.51. The summed E-state index contributed by atoms with van der Waals surface area (Å²) in [5.41, 5.74) is 1.41. The van der Waals surface area contributed by atoms with E-state index in [1.807, 2.05) is 11.3 Å². The molecule has 4 heteroatoms. The van der Waals surface area contributed by atoms with E-state index in [0.29, 0.717) is 6.04 Å². The first kappa shape index (κ1) is 13.1. The van der Waals surface area contributed by atoms with Crippen LogP contribution in [0.4, 0.5) is 5.13 Å². The lowest BCUT2D eigenvalue weighted by Gasteiger charge is -2.23. The molecule has 3 aliphatic rings. The molecule has 3 saturated carbocycles. The fourth-order valence-corrected chi connectivity index (χ4v) is 4.04. The molecule has 3 aliphatic carbocycles. The maximum atomic E-state index is 5.01. The third kappa shape index (κ3) is 2.73. The van der Waals surface area contributed by atoms with Crippen LogP contribution in [-0.4, -0.2) is 24.1 Å². The van der Waals surface area contributed by atoms with E-state index in [1.165, 1.54) is 54.2 Å². The van der Waals surface area contributed by atoms with Crippen LogP contribution in [0.1, 0.15) is 61.9 Å². The molecule has 0 spiro atoms. The summed E-state index contributed by atoms with van der Waals surface area (Å²) in [6, 6.07) is 1.44. The highest BCUT2D eigenvalue weighted by Gasteiger charge is 2.34. The van der Waals surface area contributed by atoms with Crippen LogP contribution in [0.3, 0.4) is 0 Å². The maximum absolute atomic E-state index is 5.01. The van der Waals surface area contributed by atoms with Gasteiger partial charge in [0.05, 0.1) is 5.69 Å². The molecular formula is C16H25N3S. The van der Waals surface area contributed by atoms with Gasteiger partial charge in [-0.15, -0.1) is 11.3 Å². The van der Waals surface area contributed by atoms with Gasteiger partial charge in [-0.05, 0) is 51.4 Å². The summed E-state index contributed by atoms with van der Waals surface area (Å²) in [5, 5.41) is 4.91. The molecule has 1 aromatic rings. The van der Waals surface area contributed by atoms with Crippen LogP contribution in [-0.2, 0) is 6.54 Å². The molecule has 1 N–H and O–H groups in total. The van der Waals surface area contributed by atoms with Gasteiger partial charge in [-0.1, -0.05) is 0 Å². The summed E-state index contributed by atoms with van der Waals surface area (Å²) in [5.74, 6) is 1.67. The molecular weight excluding hydrogens is 266 g/mol. The fraction of sp³-hybridized carbons (Fsp3) is 0.812. The predicted octanol–water partition coefficient (Wildman–Crippen LogP) is 3.51. The minimum Gasteiger partial charge on any atom is -0.348 e. The summed E-state index contributed by atoms with van der Waals surface area (Å²) >= 11 is 1.93. The zero-order chi connectivity index (χ0) is 13.7. The number of thiazole rings is 1. The summed E-state index contributed by atoms with van der Waals surface area (Å²) in [7, 11) is 2.23. The molecule has 4 rings (SSSR count). The van der Waals surface area contributed by atoms with Gasteiger partial charge in [-0.2, -0.15) is 0 Å². The van der Waals surface area contributed by atoms with E-state index in [0.717, 1.165) is 24.4 Å². The van der Waals surface area contributed by atoms with Crippen LogP contribution in [0.15, 0.2) is 0 Å². The van der Waals surface area contributed by atoms with Crippen LogP contribution in [0, 0.1) is 5.92 Å². The molecule has 20 heavy (non-hydrogen) atoms. The first-order valence-electron chi connectivity index (χ1n) is 8.18. The number of hydrogen-bond donors (Lipinski definition) is 1. The third-order valence-electron chi connectivity index (χ3n) is 5.03. The average molecular weight is 291 g/mol. The minimum absolute atomic E-state index is 0.650. The number of aromatic nitrogens is 1. The number of nitrogens with one attached hydrogen (secondary N) is 1. The smallest absolute Gasteiger partial charge is 0.185 e. The standard InChI is InChI=1S/C16H25N3S/c1-10(11-3-4-11)19(2)16-18-15(12-5-6-12)14(20-16)9-17-13-7-8-13/h10-13,17H,3-9H2,1-2H3. The predicted molar refractivity (Wildman–Crippen MR) is 84.5 cm³/mol. The second kappa shape index (κ2) is 4.99. The van der Waals surface area contributed by atoms with Crippen molar-refractivity contribution in [3.8, 4) is 0 Å². The summed E-state index contributed by atoms with van der Waals surface area (Å²) < 4.78 is 0. The molecule has 0 aromatic carbocycles. The molecule has 3 fully saturated rings. The molecule has 1 atom stereocenters. The number of anilines is 1.